The molecule has 3 aromatic carbocycles. The normalized spacial score (nSPS) is 12.8. The minimum Gasteiger partial charge on any atom is -0.421 e. The molecule has 11 nitrogen and oxygen atoms in total. The highest BCUT2D eigenvalue weighted by Crippen LogP contribution is 2.34. The predicted molar refractivity (Wildman–Crippen MR) is 195 cm³/mol. The minimum atomic E-state index is -4.40. The van der Waals surface area contributed by atoms with Gasteiger partial charge in [-0.3, -0.25) is 9.59 Å². The Morgan fingerprint density at radius 2 is 1.37 bits per heavy atom. The van der Waals surface area contributed by atoms with Crippen molar-refractivity contribution < 1.29 is 27.2 Å². The lowest BCUT2D eigenvalue weighted by Crippen LogP contribution is -2.22. The Kier molecular flexibility index (Phi) is 12.1. The first kappa shape index (κ1) is 37.0. The van der Waals surface area contributed by atoms with Crippen LogP contribution < -0.4 is 21.3 Å². The van der Waals surface area contributed by atoms with E-state index < -0.39 is 11.7 Å². The van der Waals surface area contributed by atoms with Crippen LogP contribution in [-0.4, -0.2) is 38.0 Å². The van der Waals surface area contributed by atoms with Crippen LogP contribution in [0.2, 0.25) is 0 Å². The molecule has 0 aliphatic heterocycles. The van der Waals surface area contributed by atoms with Crippen molar-refractivity contribution in [2.24, 2.45) is 0 Å². The van der Waals surface area contributed by atoms with Crippen molar-refractivity contribution in [3.05, 3.63) is 116 Å². The van der Waals surface area contributed by atoms with Gasteiger partial charge >= 0.3 is 6.18 Å². The van der Waals surface area contributed by atoms with Crippen molar-refractivity contribution in [2.45, 2.75) is 51.2 Å². The van der Waals surface area contributed by atoms with Crippen molar-refractivity contribution in [3.63, 3.8) is 0 Å². The highest BCUT2D eigenvalue weighted by atomic mass is 19.4. The Balaban J connectivity index is 0.000000203. The summed E-state index contributed by atoms with van der Waals surface area (Å²) in [6, 6.07) is 17.5. The minimum absolute atomic E-state index is 0.254. The van der Waals surface area contributed by atoms with Crippen LogP contribution in [0.25, 0.3) is 22.8 Å². The third-order valence-corrected chi connectivity index (χ3v) is 7.96. The Labute approximate surface area is 298 Å². The first-order chi connectivity index (χ1) is 25.0. The second kappa shape index (κ2) is 17.1. The summed E-state index contributed by atoms with van der Waals surface area (Å²) in [4.78, 5) is 31.5. The fraction of sp³-hybridized carbons (Fsp3) is 0.211. The van der Waals surface area contributed by atoms with E-state index >= 15 is 0 Å². The van der Waals surface area contributed by atoms with Gasteiger partial charge in [0.05, 0.1) is 11.1 Å². The fourth-order valence-electron chi connectivity index (χ4n) is 5.44. The van der Waals surface area contributed by atoms with Crippen LogP contribution in [-0.2, 0) is 15.8 Å². The molecular weight excluding hydrogens is 673 g/mol. The second-order valence-corrected chi connectivity index (χ2v) is 11.8. The van der Waals surface area contributed by atoms with E-state index in [1.165, 1.54) is 37.5 Å². The highest BCUT2D eigenvalue weighted by Gasteiger charge is 2.30. The predicted octanol–water partition coefficient (Wildman–Crippen LogP) is 8.94. The van der Waals surface area contributed by atoms with E-state index in [1.54, 1.807) is 43.6 Å². The lowest BCUT2D eigenvalue weighted by Gasteiger charge is -2.25. The molecule has 52 heavy (non-hydrogen) atoms. The summed E-state index contributed by atoms with van der Waals surface area (Å²) in [5.41, 5.74) is 3.79. The van der Waals surface area contributed by atoms with Crippen LogP contribution in [0.3, 0.4) is 0 Å². The van der Waals surface area contributed by atoms with Crippen LogP contribution >= 0.6 is 0 Å². The first-order valence-corrected chi connectivity index (χ1v) is 16.5. The van der Waals surface area contributed by atoms with E-state index in [0.29, 0.717) is 52.0 Å². The van der Waals surface area contributed by atoms with Gasteiger partial charge in [-0.15, -0.1) is 10.2 Å². The van der Waals surface area contributed by atoms with Crippen LogP contribution in [0.15, 0.2) is 109 Å². The number of amides is 2. The maximum atomic E-state index is 12.7. The van der Waals surface area contributed by atoms with Crippen molar-refractivity contribution in [1.82, 2.24) is 20.2 Å². The number of nitrogens with one attached hydrogen (secondary N) is 4. The zero-order chi connectivity index (χ0) is 37.1. The monoisotopic (exact) mass is 710 g/mol. The third-order valence-electron chi connectivity index (χ3n) is 7.96. The molecule has 4 N–H and O–H groups in total. The van der Waals surface area contributed by atoms with Crippen molar-refractivity contribution in [1.29, 1.82) is 0 Å². The number of hydrogen-bond donors (Lipinski definition) is 4. The lowest BCUT2D eigenvalue weighted by molar-refractivity contribution is -0.137. The molecule has 2 heterocycles. The number of halogens is 3. The number of aromatic nitrogens is 4. The number of rotatable bonds is 10. The highest BCUT2D eigenvalue weighted by molar-refractivity contribution is 6.00. The van der Waals surface area contributed by atoms with Gasteiger partial charge in [-0.25, -0.2) is 9.97 Å². The van der Waals surface area contributed by atoms with E-state index in [1.807, 2.05) is 18.2 Å². The van der Waals surface area contributed by atoms with Crippen molar-refractivity contribution in [3.8, 4) is 22.8 Å². The summed E-state index contributed by atoms with van der Waals surface area (Å²) in [6.45, 7) is 8.63. The molecule has 0 bridgehead atoms. The Morgan fingerprint density at radius 1 is 0.788 bits per heavy atom. The van der Waals surface area contributed by atoms with E-state index in [0.717, 1.165) is 42.3 Å². The van der Waals surface area contributed by atoms with Gasteiger partial charge in [0.2, 0.25) is 23.6 Å². The van der Waals surface area contributed by atoms with Crippen molar-refractivity contribution >= 4 is 40.3 Å². The molecule has 2 amide bonds. The number of benzene rings is 3. The van der Waals surface area contributed by atoms with Crippen LogP contribution in [0.4, 0.5) is 41.6 Å². The molecule has 268 valence electrons. The van der Waals surface area contributed by atoms with E-state index in [2.05, 4.69) is 54.6 Å². The second-order valence-electron chi connectivity index (χ2n) is 11.8. The number of alkyl halides is 3. The Bertz CT molecular complexity index is 2010. The van der Waals surface area contributed by atoms with E-state index in [9.17, 15) is 22.8 Å². The summed E-state index contributed by atoms with van der Waals surface area (Å²) in [6.07, 6.45) is 7.26. The fourth-order valence-corrected chi connectivity index (χ4v) is 5.44. The SMILES string of the molecule is C=CC(=O)Nc1ccc(NC2CCCCC2)c(-c2nnc(C)o2)c1.C=CC(=O)Nc1ccc(Nc2ccc(C(F)(F)F)cc2)c(-c2ncccn2)c1. The molecule has 14 heteroatoms. The molecule has 0 spiro atoms. The number of anilines is 5. The summed E-state index contributed by atoms with van der Waals surface area (Å²) in [5.74, 6) is 0.722. The zero-order valence-electron chi connectivity index (χ0n) is 28.3. The summed E-state index contributed by atoms with van der Waals surface area (Å²) in [5, 5.41) is 20.1. The molecule has 1 saturated carbocycles. The molecule has 1 aliphatic carbocycles. The van der Waals surface area contributed by atoms with Gasteiger partial charge in [-0.2, -0.15) is 13.2 Å². The van der Waals surface area contributed by atoms with Gasteiger partial charge < -0.3 is 25.7 Å². The maximum Gasteiger partial charge on any atom is 0.416 e. The Morgan fingerprint density at radius 3 is 1.92 bits per heavy atom. The van der Waals surface area contributed by atoms with E-state index in [-0.39, 0.29) is 11.8 Å². The summed E-state index contributed by atoms with van der Waals surface area (Å²) >= 11 is 0. The van der Waals surface area contributed by atoms with Gasteiger partial charge in [0.1, 0.15) is 0 Å². The molecule has 5 aromatic rings. The lowest BCUT2D eigenvalue weighted by atomic mass is 9.95. The van der Waals surface area contributed by atoms with Gasteiger partial charge in [-0.1, -0.05) is 32.4 Å². The Hall–Kier alpha value is -6.31. The third kappa shape index (κ3) is 10.1. The summed E-state index contributed by atoms with van der Waals surface area (Å²) in [7, 11) is 0. The van der Waals surface area contributed by atoms with Gasteiger partial charge in [0.15, 0.2) is 5.82 Å². The van der Waals surface area contributed by atoms with Crippen LogP contribution in [0.1, 0.15) is 43.6 Å². The average molecular weight is 711 g/mol. The molecule has 2 aromatic heterocycles. The number of carbonyl (C=O) groups is 2. The molecule has 6 rings (SSSR count). The molecular formula is C38H37F3N8O3. The molecule has 0 radical (unpaired) electrons. The van der Waals surface area contributed by atoms with E-state index in [4.69, 9.17) is 4.42 Å². The standard InChI is InChI=1S/C20H15F3N4O.C18H22N4O2/c1-2-18(28)27-15-8-9-17(16(12-15)19-24-10-3-11-25-19)26-14-6-4-13(5-7-14)20(21,22)23;1-3-17(23)20-14-9-10-16(19-13-7-5-4-6-8-13)15(11-14)18-22-21-12(2)24-18/h2-12,26H,1H2,(H,27,28);3,9-11,13,19H,1,4-8H2,2H3,(H,20,23). The topological polar surface area (TPSA) is 147 Å². The average Bonchev–Trinajstić information content (AvgIpc) is 3.59. The summed E-state index contributed by atoms with van der Waals surface area (Å²) < 4.78 is 43.8. The number of nitrogens with zero attached hydrogens (tertiary/aromatic N) is 4. The largest absolute Gasteiger partial charge is 0.421 e. The number of hydrogen-bond acceptors (Lipinski definition) is 9. The van der Waals surface area contributed by atoms with Crippen LogP contribution in [0.5, 0.6) is 0 Å². The van der Waals surface area contributed by atoms with Gasteiger partial charge in [0.25, 0.3) is 0 Å². The zero-order valence-corrected chi connectivity index (χ0v) is 28.3. The quantitative estimate of drug-likeness (QED) is 0.104. The van der Waals surface area contributed by atoms with Gasteiger partial charge in [0, 0.05) is 59.4 Å². The molecule has 1 fully saturated rings. The molecule has 1 aliphatic rings. The van der Waals surface area contributed by atoms with Crippen LogP contribution in [0, 0.1) is 6.92 Å². The van der Waals surface area contributed by atoms with Crippen molar-refractivity contribution in [2.75, 3.05) is 21.3 Å². The molecule has 0 saturated heterocycles. The smallest absolute Gasteiger partial charge is 0.416 e. The maximum absolute atomic E-state index is 12.7. The number of aryl methyl sites for hydroxylation is 1. The molecule has 0 unspecified atom stereocenters. The van der Waals surface area contributed by atoms with Gasteiger partial charge in [-0.05, 0) is 91.7 Å². The number of carbonyl (C=O) groups excluding carboxylic acids is 2. The molecule has 0 atom stereocenters. The first-order valence-electron chi connectivity index (χ1n) is 16.5.